The van der Waals surface area contributed by atoms with Crippen molar-refractivity contribution in [3.8, 4) is 0 Å². The van der Waals surface area contributed by atoms with Crippen molar-refractivity contribution in [3.05, 3.63) is 41.3 Å². The Bertz CT molecular complexity index is 580. The average molecular weight is 259 g/mol. The van der Waals surface area contributed by atoms with Crippen molar-refractivity contribution in [2.45, 2.75) is 24.0 Å². The molecule has 0 aliphatic heterocycles. The van der Waals surface area contributed by atoms with E-state index in [2.05, 4.69) is 15.0 Å². The topological polar surface area (TPSA) is 88.5 Å². The van der Waals surface area contributed by atoms with Crippen LogP contribution in [-0.2, 0) is 0 Å². The lowest BCUT2D eigenvalue weighted by Crippen LogP contribution is -2.11. The van der Waals surface area contributed by atoms with Gasteiger partial charge in [0.1, 0.15) is 10.9 Å². The monoisotopic (exact) mass is 259 g/mol. The van der Waals surface area contributed by atoms with Crippen molar-refractivity contribution in [1.29, 1.82) is 5.41 Å². The standard InChI is InChI=1S/C12H13N5S/c1-7-5-15-12(16-6-7)18-10-4-9(11(13)14)3-8(2)17-10/h3-6H,1-2H3,(H3,13,14). The highest BCUT2D eigenvalue weighted by Crippen LogP contribution is 2.23. The fourth-order valence-electron chi connectivity index (χ4n) is 1.37. The van der Waals surface area contributed by atoms with Crippen LogP contribution in [0.1, 0.15) is 16.8 Å². The Kier molecular flexibility index (Phi) is 3.57. The molecule has 0 fully saturated rings. The molecule has 18 heavy (non-hydrogen) atoms. The Labute approximate surface area is 109 Å². The quantitative estimate of drug-likeness (QED) is 0.499. The molecule has 0 atom stereocenters. The molecule has 0 aliphatic rings. The first-order valence-electron chi connectivity index (χ1n) is 5.34. The zero-order valence-electron chi connectivity index (χ0n) is 10.1. The number of nitrogens with zero attached hydrogens (tertiary/aromatic N) is 3. The summed E-state index contributed by atoms with van der Waals surface area (Å²) >= 11 is 1.36. The molecular formula is C12H13N5S. The molecule has 0 saturated heterocycles. The molecule has 0 saturated carbocycles. The Morgan fingerprint density at radius 1 is 1.22 bits per heavy atom. The van der Waals surface area contributed by atoms with E-state index in [0.717, 1.165) is 16.3 Å². The van der Waals surface area contributed by atoms with Gasteiger partial charge in [0.05, 0.1) is 0 Å². The van der Waals surface area contributed by atoms with Crippen LogP contribution < -0.4 is 5.73 Å². The molecular weight excluding hydrogens is 246 g/mol. The molecule has 0 spiro atoms. The Morgan fingerprint density at radius 3 is 2.50 bits per heavy atom. The summed E-state index contributed by atoms with van der Waals surface area (Å²) in [5, 5.41) is 8.82. The van der Waals surface area contributed by atoms with Gasteiger partial charge in [-0.1, -0.05) is 0 Å². The largest absolute Gasteiger partial charge is 0.384 e. The minimum atomic E-state index is 0.0344. The van der Waals surface area contributed by atoms with Crippen molar-refractivity contribution in [1.82, 2.24) is 15.0 Å². The number of nitrogen functional groups attached to an aromatic ring is 1. The molecule has 2 rings (SSSR count). The van der Waals surface area contributed by atoms with Gasteiger partial charge in [-0.15, -0.1) is 0 Å². The SMILES string of the molecule is Cc1cnc(Sc2cc(C(=N)N)cc(C)n2)nc1. The van der Waals surface area contributed by atoms with E-state index in [9.17, 15) is 0 Å². The summed E-state index contributed by atoms with van der Waals surface area (Å²) in [5.41, 5.74) is 7.98. The van der Waals surface area contributed by atoms with Crippen LogP contribution in [0.5, 0.6) is 0 Å². The van der Waals surface area contributed by atoms with Crippen LogP contribution in [0.15, 0.2) is 34.7 Å². The van der Waals surface area contributed by atoms with Gasteiger partial charge < -0.3 is 5.73 Å². The molecule has 0 amide bonds. The van der Waals surface area contributed by atoms with E-state index in [-0.39, 0.29) is 5.84 Å². The van der Waals surface area contributed by atoms with Gasteiger partial charge in [-0.2, -0.15) is 0 Å². The molecule has 0 unspecified atom stereocenters. The number of nitrogens with two attached hydrogens (primary N) is 1. The number of rotatable bonds is 3. The average Bonchev–Trinajstić information content (AvgIpc) is 2.31. The first-order chi connectivity index (χ1) is 8.54. The fourth-order valence-corrected chi connectivity index (χ4v) is 2.15. The second kappa shape index (κ2) is 5.14. The smallest absolute Gasteiger partial charge is 0.193 e. The summed E-state index contributed by atoms with van der Waals surface area (Å²) in [6, 6.07) is 3.55. The van der Waals surface area contributed by atoms with Crippen LogP contribution in [0.25, 0.3) is 0 Å². The van der Waals surface area contributed by atoms with Crippen LogP contribution in [0, 0.1) is 19.3 Å². The van der Waals surface area contributed by atoms with Crippen molar-refractivity contribution >= 4 is 17.6 Å². The van der Waals surface area contributed by atoms with Gasteiger partial charge in [0.25, 0.3) is 0 Å². The molecule has 2 aromatic rings. The van der Waals surface area contributed by atoms with Crippen molar-refractivity contribution in [2.24, 2.45) is 5.73 Å². The third-order valence-electron chi connectivity index (χ3n) is 2.19. The molecule has 0 bridgehead atoms. The number of hydrogen-bond donors (Lipinski definition) is 2. The maximum absolute atomic E-state index is 7.45. The van der Waals surface area contributed by atoms with E-state index in [1.165, 1.54) is 11.8 Å². The summed E-state index contributed by atoms with van der Waals surface area (Å²) < 4.78 is 0. The predicted molar refractivity (Wildman–Crippen MR) is 70.9 cm³/mol. The van der Waals surface area contributed by atoms with Crippen LogP contribution >= 0.6 is 11.8 Å². The summed E-state index contributed by atoms with van der Waals surface area (Å²) in [4.78, 5) is 12.8. The first kappa shape index (κ1) is 12.5. The molecule has 6 heteroatoms. The van der Waals surface area contributed by atoms with Gasteiger partial charge in [0.15, 0.2) is 5.16 Å². The van der Waals surface area contributed by atoms with E-state index in [4.69, 9.17) is 11.1 Å². The van der Waals surface area contributed by atoms with Gasteiger partial charge in [-0.3, -0.25) is 5.41 Å². The molecule has 5 nitrogen and oxygen atoms in total. The van der Waals surface area contributed by atoms with Crippen molar-refractivity contribution in [2.75, 3.05) is 0 Å². The highest BCUT2D eigenvalue weighted by Gasteiger charge is 2.06. The van der Waals surface area contributed by atoms with E-state index >= 15 is 0 Å². The van der Waals surface area contributed by atoms with E-state index < -0.39 is 0 Å². The summed E-state index contributed by atoms with van der Waals surface area (Å²) in [5.74, 6) is 0.0344. The first-order valence-corrected chi connectivity index (χ1v) is 6.16. The number of nitrogens with one attached hydrogen (secondary N) is 1. The minimum absolute atomic E-state index is 0.0344. The lowest BCUT2D eigenvalue weighted by Gasteiger charge is -2.04. The number of amidine groups is 1. The normalized spacial score (nSPS) is 10.3. The Hall–Kier alpha value is -1.95. The second-order valence-corrected chi connectivity index (χ2v) is 4.88. The zero-order chi connectivity index (χ0) is 13.1. The van der Waals surface area contributed by atoms with E-state index in [0.29, 0.717) is 10.7 Å². The third-order valence-corrected chi connectivity index (χ3v) is 3.01. The maximum atomic E-state index is 7.45. The number of aromatic nitrogens is 3. The highest BCUT2D eigenvalue weighted by atomic mass is 32.2. The predicted octanol–water partition coefficient (Wildman–Crippen LogP) is 1.92. The molecule has 92 valence electrons. The lowest BCUT2D eigenvalue weighted by atomic mass is 10.2. The Balaban J connectivity index is 2.28. The van der Waals surface area contributed by atoms with Gasteiger partial charge in [0.2, 0.25) is 0 Å². The summed E-state index contributed by atoms with van der Waals surface area (Å²) in [6.45, 7) is 3.81. The molecule has 0 aliphatic carbocycles. The van der Waals surface area contributed by atoms with Crippen LogP contribution in [-0.4, -0.2) is 20.8 Å². The highest BCUT2D eigenvalue weighted by molar-refractivity contribution is 7.99. The van der Waals surface area contributed by atoms with Crippen LogP contribution in [0.2, 0.25) is 0 Å². The lowest BCUT2D eigenvalue weighted by molar-refractivity contribution is 0.941. The fraction of sp³-hybridized carbons (Fsp3) is 0.167. The number of pyridine rings is 1. The van der Waals surface area contributed by atoms with Crippen molar-refractivity contribution < 1.29 is 0 Å². The summed E-state index contributed by atoms with van der Waals surface area (Å²) in [6.07, 6.45) is 3.52. The maximum Gasteiger partial charge on any atom is 0.193 e. The molecule has 2 heterocycles. The molecule has 0 radical (unpaired) electrons. The zero-order valence-corrected chi connectivity index (χ0v) is 11.0. The number of aryl methyl sites for hydroxylation is 2. The number of hydrogen-bond acceptors (Lipinski definition) is 5. The second-order valence-electron chi connectivity index (χ2n) is 3.89. The molecule has 0 aromatic carbocycles. The van der Waals surface area contributed by atoms with Crippen molar-refractivity contribution in [3.63, 3.8) is 0 Å². The van der Waals surface area contributed by atoms with Crippen LogP contribution in [0.4, 0.5) is 0 Å². The van der Waals surface area contributed by atoms with Gasteiger partial charge >= 0.3 is 0 Å². The minimum Gasteiger partial charge on any atom is -0.384 e. The molecule has 3 N–H and O–H groups in total. The van der Waals surface area contributed by atoms with Gasteiger partial charge in [-0.25, -0.2) is 15.0 Å². The van der Waals surface area contributed by atoms with E-state index in [1.807, 2.05) is 13.8 Å². The van der Waals surface area contributed by atoms with Gasteiger partial charge in [-0.05, 0) is 43.3 Å². The Morgan fingerprint density at radius 2 is 1.89 bits per heavy atom. The van der Waals surface area contributed by atoms with Crippen LogP contribution in [0.3, 0.4) is 0 Å². The summed E-state index contributed by atoms with van der Waals surface area (Å²) in [7, 11) is 0. The third kappa shape index (κ3) is 3.04. The van der Waals surface area contributed by atoms with E-state index in [1.54, 1.807) is 24.5 Å². The van der Waals surface area contributed by atoms with Gasteiger partial charge in [0, 0.05) is 23.7 Å². The molecule has 2 aromatic heterocycles.